The van der Waals surface area contributed by atoms with E-state index in [1.807, 2.05) is 25.1 Å². The number of carbonyl (C=O) groups is 3. The predicted octanol–water partition coefficient (Wildman–Crippen LogP) is 3.57. The van der Waals surface area contributed by atoms with E-state index in [1.165, 1.54) is 10.8 Å². The lowest BCUT2D eigenvalue weighted by Gasteiger charge is -2.11. The van der Waals surface area contributed by atoms with Crippen LogP contribution in [0.15, 0.2) is 42.7 Å². The highest BCUT2D eigenvalue weighted by Crippen LogP contribution is 2.27. The molecule has 198 valence electrons. The number of Topliss-reactive ketones (excluding diaryl/α,β-unsaturated/α-hetero) is 1. The molecule has 4 N–H and O–H groups in total. The number of aromatic nitrogens is 2. The molecule has 12 heteroatoms. The third kappa shape index (κ3) is 7.56. The normalized spacial score (nSPS) is 12.4. The van der Waals surface area contributed by atoms with Crippen LogP contribution in [0.4, 0.5) is 18.9 Å². The van der Waals surface area contributed by atoms with Gasteiger partial charge in [0.15, 0.2) is 6.20 Å². The van der Waals surface area contributed by atoms with Crippen LogP contribution in [0.25, 0.3) is 10.9 Å². The molecule has 0 radical (unpaired) electrons. The quantitative estimate of drug-likeness (QED) is 0.254. The highest BCUT2D eigenvalue weighted by atomic mass is 32.2. The molecule has 0 saturated heterocycles. The minimum absolute atomic E-state index is 0.120. The van der Waals surface area contributed by atoms with Gasteiger partial charge in [-0.2, -0.15) is 24.9 Å². The largest absolute Gasteiger partial charge is 0.497 e. The molecule has 2 aromatic heterocycles. The Kier molecular flexibility index (Phi) is 9.33. The molecule has 2 heterocycles. The maximum atomic E-state index is 13.0. The number of nitrogens with two attached hydrogens (primary N) is 1. The summed E-state index contributed by atoms with van der Waals surface area (Å²) < 4.78 is 43.3. The number of thioether (sulfide) groups is 1. The van der Waals surface area contributed by atoms with Gasteiger partial charge in [0.1, 0.15) is 17.9 Å². The molecule has 0 fully saturated rings. The Bertz CT molecular complexity index is 1290. The Morgan fingerprint density at radius 3 is 2.70 bits per heavy atom. The number of aromatic amines is 1. The first-order chi connectivity index (χ1) is 17.5. The Morgan fingerprint density at radius 1 is 1.24 bits per heavy atom. The number of methoxy groups -OCH3 is 1. The van der Waals surface area contributed by atoms with E-state index in [2.05, 4.69) is 10.3 Å². The molecular formula is C25H28F3N4O4S+. The van der Waals surface area contributed by atoms with Crippen molar-refractivity contribution >= 4 is 45.9 Å². The Morgan fingerprint density at radius 2 is 2.00 bits per heavy atom. The zero-order valence-corrected chi connectivity index (χ0v) is 21.2. The summed E-state index contributed by atoms with van der Waals surface area (Å²) in [6, 6.07) is 7.95. The van der Waals surface area contributed by atoms with Gasteiger partial charge in [0.2, 0.25) is 17.9 Å². The van der Waals surface area contributed by atoms with E-state index in [4.69, 9.17) is 10.5 Å². The Balaban J connectivity index is 1.55. The maximum absolute atomic E-state index is 13.0. The lowest BCUT2D eigenvalue weighted by molar-refractivity contribution is -0.573. The fourth-order valence-electron chi connectivity index (χ4n) is 3.68. The SMILES string of the molecule is COc1ccc2[nH]c(C)c(CC(=O)[n+]3cccc(NC(=O)[C@@H](N)CCCSCC(=O)C(F)(F)F)c3)c2c1. The molecule has 37 heavy (non-hydrogen) atoms. The first-order valence-corrected chi connectivity index (χ1v) is 12.6. The van der Waals surface area contributed by atoms with Crippen LogP contribution in [-0.4, -0.2) is 53.4 Å². The van der Waals surface area contributed by atoms with E-state index < -0.39 is 29.7 Å². The minimum atomic E-state index is -4.83. The fraction of sp³-hybridized carbons (Fsp3) is 0.360. The van der Waals surface area contributed by atoms with Gasteiger partial charge in [-0.25, -0.2) is 4.79 Å². The second kappa shape index (κ2) is 12.2. The van der Waals surface area contributed by atoms with Crippen LogP contribution >= 0.6 is 11.8 Å². The van der Waals surface area contributed by atoms with E-state index in [-0.39, 0.29) is 24.5 Å². The second-order valence-electron chi connectivity index (χ2n) is 8.42. The summed E-state index contributed by atoms with van der Waals surface area (Å²) in [4.78, 5) is 39.6. The number of H-pyrrole nitrogens is 1. The number of anilines is 1. The highest BCUT2D eigenvalue weighted by molar-refractivity contribution is 7.99. The maximum Gasteiger partial charge on any atom is 0.450 e. The molecule has 0 aliphatic rings. The van der Waals surface area contributed by atoms with Gasteiger partial charge in [-0.1, -0.05) is 0 Å². The van der Waals surface area contributed by atoms with Crippen LogP contribution in [0.5, 0.6) is 5.75 Å². The molecular weight excluding hydrogens is 509 g/mol. The second-order valence-corrected chi connectivity index (χ2v) is 9.53. The van der Waals surface area contributed by atoms with Crippen molar-refractivity contribution in [3.63, 3.8) is 0 Å². The number of fused-ring (bicyclic) bond motifs is 1. The molecule has 1 atom stereocenters. The molecule has 8 nitrogen and oxygen atoms in total. The number of pyridine rings is 1. The standard InChI is InChI=1S/C25H27F3N4O4S/c1-15-18(19-11-17(36-2)7-8-21(19)30-15)12-23(34)32-9-3-5-16(13-32)31-24(35)20(29)6-4-10-37-14-22(33)25(26,27)28/h3,5,7-9,11,13,20,30H,4,6,10,12,14,29H2,1-2H3/p+1/t20-/m0/s1. The average Bonchev–Trinajstić information content (AvgIpc) is 3.16. The zero-order chi connectivity index (χ0) is 27.2. The first-order valence-electron chi connectivity index (χ1n) is 11.4. The first kappa shape index (κ1) is 28.2. The topological polar surface area (TPSA) is 118 Å². The number of aryl methyl sites for hydroxylation is 1. The summed E-state index contributed by atoms with van der Waals surface area (Å²) >= 11 is 0.849. The molecule has 0 saturated carbocycles. The molecule has 0 bridgehead atoms. The van der Waals surface area contributed by atoms with Crippen LogP contribution in [0.1, 0.15) is 28.9 Å². The number of ketones is 1. The van der Waals surface area contributed by atoms with Crippen molar-refractivity contribution in [2.24, 2.45) is 5.73 Å². The summed E-state index contributed by atoms with van der Waals surface area (Å²) in [5, 5.41) is 3.55. The molecule has 0 unspecified atom stereocenters. The number of halogens is 3. The molecule has 0 aliphatic heterocycles. The summed E-state index contributed by atoms with van der Waals surface area (Å²) in [6.45, 7) is 1.89. The molecule has 3 aromatic rings. The zero-order valence-electron chi connectivity index (χ0n) is 20.4. The number of rotatable bonds is 11. The molecule has 1 amide bonds. The van der Waals surface area contributed by atoms with Crippen molar-refractivity contribution in [2.75, 3.05) is 23.9 Å². The van der Waals surface area contributed by atoms with Gasteiger partial charge in [-0.3, -0.25) is 9.59 Å². The van der Waals surface area contributed by atoms with Gasteiger partial charge >= 0.3 is 12.1 Å². The Hall–Kier alpha value is -3.38. The predicted molar refractivity (Wildman–Crippen MR) is 135 cm³/mol. The lowest BCUT2D eigenvalue weighted by atomic mass is 10.1. The number of hydrogen-bond acceptors (Lipinski definition) is 6. The molecule has 1 aromatic carbocycles. The highest BCUT2D eigenvalue weighted by Gasteiger charge is 2.37. The van der Waals surface area contributed by atoms with Crippen LogP contribution in [0.3, 0.4) is 0 Å². The Labute approximate surface area is 215 Å². The van der Waals surface area contributed by atoms with Gasteiger partial charge in [-0.15, -0.1) is 4.57 Å². The van der Waals surface area contributed by atoms with Gasteiger partial charge < -0.3 is 20.8 Å². The summed E-state index contributed by atoms with van der Waals surface area (Å²) in [5.41, 5.74) is 8.88. The number of nitrogens with zero attached hydrogens (tertiary/aromatic N) is 1. The summed E-state index contributed by atoms with van der Waals surface area (Å²) in [6.07, 6.45) is -1.03. The molecule has 0 spiro atoms. The third-order valence-corrected chi connectivity index (χ3v) is 6.74. The number of hydrogen-bond donors (Lipinski definition) is 3. The van der Waals surface area contributed by atoms with Crippen LogP contribution in [-0.2, 0) is 16.0 Å². The van der Waals surface area contributed by atoms with Gasteiger partial charge in [0.25, 0.3) is 0 Å². The van der Waals surface area contributed by atoms with E-state index in [0.717, 1.165) is 33.9 Å². The van der Waals surface area contributed by atoms with Crippen molar-refractivity contribution < 1.29 is 36.9 Å². The third-order valence-electron chi connectivity index (χ3n) is 5.70. The fourth-order valence-corrected chi connectivity index (χ4v) is 4.55. The number of amides is 1. The van der Waals surface area contributed by atoms with E-state index in [1.54, 1.807) is 25.4 Å². The van der Waals surface area contributed by atoms with Crippen molar-refractivity contribution in [3.05, 3.63) is 54.0 Å². The van der Waals surface area contributed by atoms with E-state index >= 15 is 0 Å². The minimum Gasteiger partial charge on any atom is -0.497 e. The number of benzene rings is 1. The van der Waals surface area contributed by atoms with Crippen LogP contribution in [0, 0.1) is 6.92 Å². The molecule has 0 aliphatic carbocycles. The van der Waals surface area contributed by atoms with Crippen molar-refractivity contribution in [1.82, 2.24) is 4.98 Å². The summed E-state index contributed by atoms with van der Waals surface area (Å²) in [5.74, 6) is -2.19. The van der Waals surface area contributed by atoms with Crippen LogP contribution < -0.4 is 20.4 Å². The van der Waals surface area contributed by atoms with Crippen molar-refractivity contribution in [2.45, 2.75) is 38.4 Å². The molecule has 3 rings (SSSR count). The smallest absolute Gasteiger partial charge is 0.450 e. The van der Waals surface area contributed by atoms with E-state index in [9.17, 15) is 27.6 Å². The monoisotopic (exact) mass is 537 g/mol. The van der Waals surface area contributed by atoms with Crippen LogP contribution in [0.2, 0.25) is 0 Å². The van der Waals surface area contributed by atoms with Crippen molar-refractivity contribution in [1.29, 1.82) is 0 Å². The number of carbonyl (C=O) groups excluding carboxylic acids is 3. The van der Waals surface area contributed by atoms with E-state index in [0.29, 0.717) is 17.9 Å². The average molecular weight is 538 g/mol. The van der Waals surface area contributed by atoms with Gasteiger partial charge in [0.05, 0.1) is 18.9 Å². The van der Waals surface area contributed by atoms with Gasteiger partial charge in [0, 0.05) is 22.7 Å². The summed E-state index contributed by atoms with van der Waals surface area (Å²) in [7, 11) is 1.58. The lowest BCUT2D eigenvalue weighted by Crippen LogP contribution is -2.43. The number of alkyl halides is 3. The number of nitrogens with one attached hydrogen (secondary N) is 2. The number of ether oxygens (including phenoxy) is 1. The van der Waals surface area contributed by atoms with Crippen molar-refractivity contribution in [3.8, 4) is 5.75 Å². The van der Waals surface area contributed by atoms with Gasteiger partial charge in [-0.05, 0) is 55.3 Å².